The molecule has 0 fully saturated rings. The molecule has 2 N–H and O–H groups in total. The van der Waals surface area contributed by atoms with Crippen molar-refractivity contribution in [3.63, 3.8) is 0 Å². The smallest absolute Gasteiger partial charge is 0.207 e. The first kappa shape index (κ1) is 13.4. The second-order valence-corrected chi connectivity index (χ2v) is 6.34. The fourth-order valence-corrected chi connectivity index (χ4v) is 3.40. The largest absolute Gasteiger partial charge is 0.504 e. The summed E-state index contributed by atoms with van der Waals surface area (Å²) in [5.41, 5.74) is 1.48. The van der Waals surface area contributed by atoms with E-state index in [1.54, 1.807) is 19.1 Å². The van der Waals surface area contributed by atoms with Crippen molar-refractivity contribution < 1.29 is 18.6 Å². The van der Waals surface area contributed by atoms with Gasteiger partial charge in [0.05, 0.1) is 9.79 Å². The molecule has 0 bridgehead atoms. The van der Waals surface area contributed by atoms with Crippen molar-refractivity contribution in [2.75, 3.05) is 0 Å². The Morgan fingerprint density at radius 2 is 1.58 bits per heavy atom. The molecule has 0 saturated carbocycles. The Bertz CT molecular complexity index is 733. The van der Waals surface area contributed by atoms with Crippen molar-refractivity contribution in [1.29, 1.82) is 0 Å². The van der Waals surface area contributed by atoms with E-state index in [9.17, 15) is 18.6 Å². The minimum absolute atomic E-state index is 0.0449. The fraction of sp³-hybridized carbons (Fsp3) is 0.143. The zero-order chi connectivity index (χ0) is 14.2. The van der Waals surface area contributed by atoms with E-state index in [0.717, 1.165) is 17.7 Å². The fourth-order valence-electron chi connectivity index (χ4n) is 1.79. The lowest BCUT2D eigenvalue weighted by Gasteiger charge is -2.09. The topological polar surface area (TPSA) is 74.6 Å². The summed E-state index contributed by atoms with van der Waals surface area (Å²) in [7, 11) is -3.70. The molecule has 4 nitrogen and oxygen atoms in total. The summed E-state index contributed by atoms with van der Waals surface area (Å²) in [5.74, 6) is -0.800. The number of phenolic OH excluding ortho intramolecular Hbond substituents is 2. The van der Waals surface area contributed by atoms with Gasteiger partial charge in [0.15, 0.2) is 11.5 Å². The van der Waals surface area contributed by atoms with E-state index in [1.165, 1.54) is 6.07 Å². The minimum atomic E-state index is -3.70. The molecular formula is C14H14O4S. The van der Waals surface area contributed by atoms with Crippen molar-refractivity contribution in [2.24, 2.45) is 0 Å². The molecule has 0 spiro atoms. The van der Waals surface area contributed by atoms with Gasteiger partial charge in [-0.1, -0.05) is 12.1 Å². The van der Waals surface area contributed by atoms with Gasteiger partial charge in [-0.3, -0.25) is 0 Å². The predicted molar refractivity (Wildman–Crippen MR) is 71.1 cm³/mol. The Morgan fingerprint density at radius 3 is 2.21 bits per heavy atom. The third kappa shape index (κ3) is 2.42. The second-order valence-electron chi connectivity index (χ2n) is 4.42. The molecule has 0 heterocycles. The molecule has 0 amide bonds. The summed E-state index contributed by atoms with van der Waals surface area (Å²) in [4.78, 5) is 0.161. The second kappa shape index (κ2) is 4.59. The number of hydrogen-bond donors (Lipinski definition) is 2. The van der Waals surface area contributed by atoms with E-state index in [2.05, 4.69) is 0 Å². The van der Waals surface area contributed by atoms with Gasteiger partial charge in [0.1, 0.15) is 0 Å². The van der Waals surface area contributed by atoms with Crippen LogP contribution < -0.4 is 0 Å². The van der Waals surface area contributed by atoms with Gasteiger partial charge in [0.25, 0.3) is 0 Å². The van der Waals surface area contributed by atoms with E-state index >= 15 is 0 Å². The maximum atomic E-state index is 12.5. The number of aromatic hydroxyl groups is 2. The van der Waals surface area contributed by atoms with Crippen molar-refractivity contribution in [3.8, 4) is 11.5 Å². The maximum absolute atomic E-state index is 12.5. The van der Waals surface area contributed by atoms with Crippen LogP contribution in [0, 0.1) is 13.8 Å². The van der Waals surface area contributed by atoms with Gasteiger partial charge >= 0.3 is 0 Å². The van der Waals surface area contributed by atoms with Crippen LogP contribution in [-0.2, 0) is 9.84 Å². The highest BCUT2D eigenvalue weighted by Gasteiger charge is 2.21. The first-order valence-corrected chi connectivity index (χ1v) is 7.15. The number of aryl methyl sites for hydroxylation is 2. The van der Waals surface area contributed by atoms with E-state index < -0.39 is 15.6 Å². The van der Waals surface area contributed by atoms with Crippen LogP contribution in [0.1, 0.15) is 11.1 Å². The number of benzene rings is 2. The average molecular weight is 278 g/mol. The zero-order valence-electron chi connectivity index (χ0n) is 10.6. The Kier molecular flexibility index (Phi) is 3.24. The van der Waals surface area contributed by atoms with Crippen LogP contribution in [0.2, 0.25) is 0 Å². The summed E-state index contributed by atoms with van der Waals surface area (Å²) >= 11 is 0. The quantitative estimate of drug-likeness (QED) is 0.828. The molecule has 2 aromatic carbocycles. The molecule has 0 aliphatic heterocycles. The van der Waals surface area contributed by atoms with Crippen LogP contribution in [0.4, 0.5) is 0 Å². The normalized spacial score (nSPS) is 11.5. The van der Waals surface area contributed by atoms with Gasteiger partial charge in [-0.25, -0.2) is 8.42 Å². The van der Waals surface area contributed by atoms with Crippen LogP contribution >= 0.6 is 0 Å². The van der Waals surface area contributed by atoms with Crippen LogP contribution in [0.5, 0.6) is 11.5 Å². The Morgan fingerprint density at radius 1 is 0.895 bits per heavy atom. The highest BCUT2D eigenvalue weighted by molar-refractivity contribution is 7.91. The summed E-state index contributed by atoms with van der Waals surface area (Å²) in [6.07, 6.45) is 0. The molecule has 5 heteroatoms. The van der Waals surface area contributed by atoms with Crippen LogP contribution in [-0.4, -0.2) is 18.6 Å². The van der Waals surface area contributed by atoms with Crippen LogP contribution in [0.25, 0.3) is 0 Å². The number of sulfone groups is 1. The molecule has 19 heavy (non-hydrogen) atoms. The van der Waals surface area contributed by atoms with E-state index in [0.29, 0.717) is 5.56 Å². The molecule has 100 valence electrons. The Balaban J connectivity index is 2.65. The van der Waals surface area contributed by atoms with Gasteiger partial charge in [0, 0.05) is 6.07 Å². The summed E-state index contributed by atoms with van der Waals surface area (Å²) in [6.45, 7) is 3.53. The molecule has 0 atom stereocenters. The lowest BCUT2D eigenvalue weighted by Crippen LogP contribution is -2.04. The lowest BCUT2D eigenvalue weighted by atomic mass is 10.2. The van der Waals surface area contributed by atoms with E-state index in [1.807, 2.05) is 13.0 Å². The van der Waals surface area contributed by atoms with Gasteiger partial charge in [-0.05, 0) is 43.2 Å². The average Bonchev–Trinajstić information content (AvgIpc) is 2.35. The number of phenols is 2. The summed E-state index contributed by atoms with van der Waals surface area (Å²) in [5, 5.41) is 18.7. The highest BCUT2D eigenvalue weighted by Crippen LogP contribution is 2.31. The Labute approximate surface area is 111 Å². The van der Waals surface area contributed by atoms with Crippen molar-refractivity contribution in [3.05, 3.63) is 47.5 Å². The Hall–Kier alpha value is -2.01. The first-order valence-electron chi connectivity index (χ1n) is 5.66. The van der Waals surface area contributed by atoms with Gasteiger partial charge in [-0.15, -0.1) is 0 Å². The van der Waals surface area contributed by atoms with Crippen molar-refractivity contribution in [1.82, 2.24) is 0 Å². The highest BCUT2D eigenvalue weighted by atomic mass is 32.2. The van der Waals surface area contributed by atoms with Crippen LogP contribution in [0.15, 0.2) is 46.2 Å². The summed E-state index contributed by atoms with van der Waals surface area (Å²) in [6, 6.07) is 8.64. The zero-order valence-corrected chi connectivity index (χ0v) is 11.4. The van der Waals surface area contributed by atoms with Crippen LogP contribution in [0.3, 0.4) is 0 Å². The van der Waals surface area contributed by atoms with Gasteiger partial charge in [0.2, 0.25) is 9.84 Å². The lowest BCUT2D eigenvalue weighted by molar-refractivity contribution is 0.402. The minimum Gasteiger partial charge on any atom is -0.504 e. The molecule has 0 saturated heterocycles. The molecular weight excluding hydrogens is 264 g/mol. The number of hydrogen-bond acceptors (Lipinski definition) is 4. The molecule has 2 aromatic rings. The molecule has 2 rings (SSSR count). The van der Waals surface area contributed by atoms with E-state index in [-0.39, 0.29) is 15.5 Å². The van der Waals surface area contributed by atoms with Gasteiger partial charge < -0.3 is 10.2 Å². The van der Waals surface area contributed by atoms with Crippen molar-refractivity contribution in [2.45, 2.75) is 23.6 Å². The molecule has 0 unspecified atom stereocenters. The molecule has 0 radical (unpaired) electrons. The van der Waals surface area contributed by atoms with E-state index in [4.69, 9.17) is 0 Å². The molecule has 0 aromatic heterocycles. The van der Waals surface area contributed by atoms with Crippen molar-refractivity contribution >= 4 is 9.84 Å². The third-order valence-electron chi connectivity index (χ3n) is 2.89. The maximum Gasteiger partial charge on any atom is 0.207 e. The monoisotopic (exact) mass is 278 g/mol. The first-order chi connectivity index (χ1) is 8.82. The molecule has 0 aliphatic carbocycles. The van der Waals surface area contributed by atoms with Gasteiger partial charge in [-0.2, -0.15) is 0 Å². The number of rotatable bonds is 2. The standard InChI is InChI=1S/C14H14O4S/c1-9-3-4-10(2)14(7-9)19(17,18)11-5-6-12(15)13(16)8-11/h3-8,15-16H,1-2H3. The molecule has 0 aliphatic rings. The predicted octanol–water partition coefficient (Wildman–Crippen LogP) is 2.55. The SMILES string of the molecule is Cc1ccc(C)c(S(=O)(=O)c2ccc(O)c(O)c2)c1. The summed E-state index contributed by atoms with van der Waals surface area (Å²) < 4.78 is 25.0. The third-order valence-corrected chi connectivity index (χ3v) is 4.78.